The number of rotatable bonds is 6. The van der Waals surface area contributed by atoms with Crippen molar-refractivity contribution in [1.29, 1.82) is 0 Å². The van der Waals surface area contributed by atoms with Gasteiger partial charge >= 0.3 is 0 Å². The van der Waals surface area contributed by atoms with Crippen LogP contribution in [0.2, 0.25) is 0 Å². The van der Waals surface area contributed by atoms with Gasteiger partial charge in [0.15, 0.2) is 6.79 Å². The van der Waals surface area contributed by atoms with Crippen LogP contribution in [-0.2, 0) is 11.8 Å². The molecular weight excluding hydrogens is 416 g/mol. The Morgan fingerprint density at radius 3 is 2.52 bits per heavy atom. The molecule has 4 heterocycles. The molecule has 0 unspecified atom stereocenters. The number of piperidine rings is 1. The van der Waals surface area contributed by atoms with Crippen molar-refractivity contribution in [2.75, 3.05) is 46.0 Å². The van der Waals surface area contributed by atoms with Gasteiger partial charge in [-0.05, 0) is 57.3 Å². The quantitative estimate of drug-likeness (QED) is 0.418. The molecule has 0 saturated carbocycles. The fourth-order valence-corrected chi connectivity index (χ4v) is 4.55. The van der Waals surface area contributed by atoms with E-state index in [9.17, 15) is 0 Å². The van der Waals surface area contributed by atoms with Gasteiger partial charge in [0, 0.05) is 56.5 Å². The zero-order valence-electron chi connectivity index (χ0n) is 19.7. The van der Waals surface area contributed by atoms with E-state index < -0.39 is 0 Å². The van der Waals surface area contributed by atoms with Crippen molar-refractivity contribution >= 4 is 27.8 Å². The van der Waals surface area contributed by atoms with Crippen LogP contribution in [-0.4, -0.2) is 71.8 Å². The maximum absolute atomic E-state index is 5.86. The molecule has 172 valence electrons. The molecule has 0 bridgehead atoms. The predicted octanol–water partition coefficient (Wildman–Crippen LogP) is 3.70. The Bertz CT molecular complexity index is 1280. The number of aromatic nitrogens is 4. The topological polar surface area (TPSA) is 68.5 Å². The molecule has 4 aromatic rings. The summed E-state index contributed by atoms with van der Waals surface area (Å²) in [5.41, 5.74) is 4.37. The molecule has 1 aliphatic rings. The number of hydrogen-bond donors (Lipinski definition) is 0. The van der Waals surface area contributed by atoms with Gasteiger partial charge in [0.2, 0.25) is 0 Å². The van der Waals surface area contributed by atoms with E-state index >= 15 is 0 Å². The first-order valence-electron chi connectivity index (χ1n) is 11.3. The first-order chi connectivity index (χ1) is 16.0. The van der Waals surface area contributed by atoms with Crippen molar-refractivity contribution in [2.24, 2.45) is 7.05 Å². The summed E-state index contributed by atoms with van der Waals surface area (Å²) in [5.74, 6) is 1.72. The molecule has 0 radical (unpaired) electrons. The van der Waals surface area contributed by atoms with E-state index in [1.807, 2.05) is 31.4 Å². The SMILES string of the molecule is COCOc1cc2nn(C)cc2cc1-c1ccc2nc(N3CCC(N(C)C)CC3)ccc2n1. The standard InChI is InChI=1S/C25H30N6O2/c1-29(2)18-9-11-31(12-10-18)25-8-7-21-22(27-25)6-5-20(26-21)19-13-17-15-30(3)28-23(17)14-24(19)33-16-32-4/h5-8,13-15,18H,9-12,16H2,1-4H3. The summed E-state index contributed by atoms with van der Waals surface area (Å²) in [5, 5.41) is 5.53. The predicted molar refractivity (Wildman–Crippen MR) is 131 cm³/mol. The van der Waals surface area contributed by atoms with Gasteiger partial charge in [-0.2, -0.15) is 5.10 Å². The molecule has 1 saturated heterocycles. The maximum Gasteiger partial charge on any atom is 0.188 e. The van der Waals surface area contributed by atoms with Crippen LogP contribution in [0.3, 0.4) is 0 Å². The highest BCUT2D eigenvalue weighted by atomic mass is 16.7. The van der Waals surface area contributed by atoms with Crippen LogP contribution in [0.1, 0.15) is 12.8 Å². The third-order valence-corrected chi connectivity index (χ3v) is 6.37. The second-order valence-electron chi connectivity index (χ2n) is 8.85. The Hall–Kier alpha value is -3.23. The van der Waals surface area contributed by atoms with E-state index in [4.69, 9.17) is 19.4 Å². The first kappa shape index (κ1) is 21.6. The van der Waals surface area contributed by atoms with E-state index in [1.165, 1.54) is 0 Å². The Morgan fingerprint density at radius 2 is 1.76 bits per heavy atom. The van der Waals surface area contributed by atoms with Crippen molar-refractivity contribution in [1.82, 2.24) is 24.6 Å². The molecule has 0 aliphatic carbocycles. The number of methoxy groups -OCH3 is 1. The highest BCUT2D eigenvalue weighted by Gasteiger charge is 2.21. The fourth-order valence-electron chi connectivity index (χ4n) is 4.55. The Morgan fingerprint density at radius 1 is 1.00 bits per heavy atom. The number of benzene rings is 1. The molecule has 1 aromatic carbocycles. The van der Waals surface area contributed by atoms with Gasteiger partial charge in [0.05, 0.1) is 22.2 Å². The summed E-state index contributed by atoms with van der Waals surface area (Å²) in [4.78, 5) is 14.5. The largest absolute Gasteiger partial charge is 0.467 e. The molecule has 0 N–H and O–H groups in total. The highest BCUT2D eigenvalue weighted by Crippen LogP contribution is 2.34. The normalized spacial score (nSPS) is 15.1. The molecule has 33 heavy (non-hydrogen) atoms. The van der Waals surface area contributed by atoms with Gasteiger partial charge in [-0.3, -0.25) is 4.68 Å². The number of ether oxygens (including phenoxy) is 2. The van der Waals surface area contributed by atoms with Crippen LogP contribution in [0, 0.1) is 0 Å². The summed E-state index contributed by atoms with van der Waals surface area (Å²) in [6.45, 7) is 2.21. The second kappa shape index (κ2) is 8.96. The van der Waals surface area contributed by atoms with Crippen LogP contribution < -0.4 is 9.64 Å². The van der Waals surface area contributed by atoms with Crippen LogP contribution in [0.5, 0.6) is 5.75 Å². The second-order valence-corrected chi connectivity index (χ2v) is 8.85. The number of aryl methyl sites for hydroxylation is 1. The van der Waals surface area contributed by atoms with Crippen molar-refractivity contribution in [2.45, 2.75) is 18.9 Å². The van der Waals surface area contributed by atoms with Gasteiger partial charge < -0.3 is 19.3 Å². The minimum Gasteiger partial charge on any atom is -0.467 e. The molecule has 1 aliphatic heterocycles. The number of hydrogen-bond acceptors (Lipinski definition) is 7. The maximum atomic E-state index is 5.86. The van der Waals surface area contributed by atoms with E-state index in [2.05, 4.69) is 47.2 Å². The van der Waals surface area contributed by atoms with Gasteiger partial charge in [-0.1, -0.05) is 0 Å². The van der Waals surface area contributed by atoms with Gasteiger partial charge in [0.25, 0.3) is 0 Å². The molecule has 5 rings (SSSR count). The van der Waals surface area contributed by atoms with Gasteiger partial charge in [-0.15, -0.1) is 0 Å². The van der Waals surface area contributed by atoms with Crippen molar-refractivity contribution in [3.63, 3.8) is 0 Å². The van der Waals surface area contributed by atoms with E-state index in [0.29, 0.717) is 11.8 Å². The van der Waals surface area contributed by atoms with E-state index in [-0.39, 0.29) is 6.79 Å². The molecule has 1 fully saturated rings. The summed E-state index contributed by atoms with van der Waals surface area (Å²) in [6.07, 6.45) is 4.31. The van der Waals surface area contributed by atoms with E-state index in [0.717, 1.165) is 64.9 Å². The Balaban J connectivity index is 1.46. The number of pyridine rings is 2. The molecule has 8 heteroatoms. The van der Waals surface area contributed by atoms with Crippen LogP contribution in [0.4, 0.5) is 5.82 Å². The van der Waals surface area contributed by atoms with Crippen LogP contribution in [0.15, 0.2) is 42.6 Å². The fraction of sp³-hybridized carbons (Fsp3) is 0.400. The van der Waals surface area contributed by atoms with Gasteiger partial charge in [0.1, 0.15) is 11.6 Å². The third-order valence-electron chi connectivity index (χ3n) is 6.37. The Labute approximate surface area is 193 Å². The molecule has 0 atom stereocenters. The summed E-state index contributed by atoms with van der Waals surface area (Å²) < 4.78 is 12.8. The molecule has 3 aromatic heterocycles. The first-order valence-corrected chi connectivity index (χ1v) is 11.3. The lowest BCUT2D eigenvalue weighted by Crippen LogP contribution is -2.42. The lowest BCUT2D eigenvalue weighted by atomic mass is 10.0. The lowest BCUT2D eigenvalue weighted by molar-refractivity contribution is 0.0516. The number of anilines is 1. The number of nitrogens with zero attached hydrogens (tertiary/aromatic N) is 6. The molecule has 0 spiro atoms. The minimum absolute atomic E-state index is 0.161. The summed E-state index contributed by atoms with van der Waals surface area (Å²) >= 11 is 0. The highest BCUT2D eigenvalue weighted by molar-refractivity contribution is 5.89. The lowest BCUT2D eigenvalue weighted by Gasteiger charge is -2.35. The number of fused-ring (bicyclic) bond motifs is 2. The molecular formula is C25H30N6O2. The van der Waals surface area contributed by atoms with Crippen molar-refractivity contribution < 1.29 is 9.47 Å². The smallest absolute Gasteiger partial charge is 0.188 e. The van der Waals surface area contributed by atoms with Crippen molar-refractivity contribution in [3.8, 4) is 17.0 Å². The van der Waals surface area contributed by atoms with Crippen LogP contribution >= 0.6 is 0 Å². The average Bonchev–Trinajstić information content (AvgIpc) is 3.20. The molecule has 8 nitrogen and oxygen atoms in total. The minimum atomic E-state index is 0.161. The summed E-state index contributed by atoms with van der Waals surface area (Å²) in [6, 6.07) is 12.9. The molecule has 0 amide bonds. The zero-order valence-corrected chi connectivity index (χ0v) is 19.7. The monoisotopic (exact) mass is 446 g/mol. The average molecular weight is 447 g/mol. The van der Waals surface area contributed by atoms with E-state index in [1.54, 1.807) is 11.8 Å². The third kappa shape index (κ3) is 4.36. The Kier molecular flexibility index (Phi) is 5.86. The zero-order chi connectivity index (χ0) is 22.9. The van der Waals surface area contributed by atoms with Crippen molar-refractivity contribution in [3.05, 3.63) is 42.6 Å². The van der Waals surface area contributed by atoms with Gasteiger partial charge in [-0.25, -0.2) is 9.97 Å². The van der Waals surface area contributed by atoms with Crippen LogP contribution in [0.25, 0.3) is 33.2 Å². The summed E-state index contributed by atoms with van der Waals surface area (Å²) in [7, 11) is 7.85.